The SMILES string of the molecule is CCCC/C=C/C1CC(=O)N(C(C)CN2C(=O)CC(/C=C/CCCCCCC)C2=O)C1=O. The third-order valence-corrected chi connectivity index (χ3v) is 6.32. The number of imide groups is 2. The Morgan fingerprint density at radius 2 is 1.34 bits per heavy atom. The Morgan fingerprint density at radius 1 is 0.781 bits per heavy atom. The number of amides is 4. The van der Waals surface area contributed by atoms with Crippen LogP contribution in [0.25, 0.3) is 0 Å². The Labute approximate surface area is 193 Å². The first-order chi connectivity index (χ1) is 15.4. The molecule has 0 radical (unpaired) electrons. The van der Waals surface area contributed by atoms with Crippen molar-refractivity contribution >= 4 is 23.6 Å². The van der Waals surface area contributed by atoms with Crippen LogP contribution in [0.5, 0.6) is 0 Å². The Balaban J connectivity index is 1.86. The summed E-state index contributed by atoms with van der Waals surface area (Å²) in [5, 5.41) is 0. The molecule has 2 heterocycles. The van der Waals surface area contributed by atoms with Crippen LogP contribution in [-0.4, -0.2) is 46.0 Å². The molecule has 0 spiro atoms. The van der Waals surface area contributed by atoms with E-state index in [0.29, 0.717) is 0 Å². The second-order valence-corrected chi connectivity index (χ2v) is 9.12. The van der Waals surface area contributed by atoms with Gasteiger partial charge in [0.2, 0.25) is 23.6 Å². The maximum atomic E-state index is 12.8. The van der Waals surface area contributed by atoms with Gasteiger partial charge in [0.05, 0.1) is 17.9 Å². The van der Waals surface area contributed by atoms with Gasteiger partial charge < -0.3 is 0 Å². The number of hydrogen-bond acceptors (Lipinski definition) is 4. The van der Waals surface area contributed by atoms with E-state index in [4.69, 9.17) is 0 Å². The van der Waals surface area contributed by atoms with Gasteiger partial charge in [0.15, 0.2) is 0 Å². The molecule has 6 heteroatoms. The van der Waals surface area contributed by atoms with Crippen molar-refractivity contribution < 1.29 is 19.2 Å². The summed E-state index contributed by atoms with van der Waals surface area (Å²) in [7, 11) is 0. The molecule has 2 saturated heterocycles. The highest BCUT2D eigenvalue weighted by molar-refractivity contribution is 6.06. The molecule has 0 N–H and O–H groups in total. The van der Waals surface area contributed by atoms with Crippen molar-refractivity contribution in [3.8, 4) is 0 Å². The van der Waals surface area contributed by atoms with Gasteiger partial charge in [-0.25, -0.2) is 0 Å². The van der Waals surface area contributed by atoms with Crippen LogP contribution >= 0.6 is 0 Å². The number of nitrogens with zero attached hydrogens (tertiary/aromatic N) is 2. The quantitative estimate of drug-likeness (QED) is 0.219. The fourth-order valence-corrected chi connectivity index (χ4v) is 4.39. The van der Waals surface area contributed by atoms with E-state index in [9.17, 15) is 19.2 Å². The van der Waals surface area contributed by atoms with E-state index in [2.05, 4.69) is 13.8 Å². The highest BCUT2D eigenvalue weighted by Crippen LogP contribution is 2.26. The molecule has 0 aromatic rings. The summed E-state index contributed by atoms with van der Waals surface area (Å²) >= 11 is 0. The third kappa shape index (κ3) is 7.14. The number of unbranched alkanes of at least 4 members (excludes halogenated alkanes) is 7. The van der Waals surface area contributed by atoms with Crippen LogP contribution in [0.1, 0.15) is 91.4 Å². The zero-order chi connectivity index (χ0) is 23.5. The Bertz CT molecular complexity index is 727. The highest BCUT2D eigenvalue weighted by atomic mass is 16.2. The van der Waals surface area contributed by atoms with Crippen molar-refractivity contribution in [2.75, 3.05) is 6.54 Å². The van der Waals surface area contributed by atoms with Crippen molar-refractivity contribution in [2.45, 2.75) is 97.4 Å². The van der Waals surface area contributed by atoms with Gasteiger partial charge in [0, 0.05) is 19.4 Å². The largest absolute Gasteiger partial charge is 0.280 e. The third-order valence-electron chi connectivity index (χ3n) is 6.32. The summed E-state index contributed by atoms with van der Waals surface area (Å²) in [6.45, 7) is 6.11. The van der Waals surface area contributed by atoms with Crippen LogP contribution < -0.4 is 0 Å². The first-order valence-corrected chi connectivity index (χ1v) is 12.4. The standard InChI is InChI=1S/C26H40N2O4/c1-4-6-8-10-11-12-14-15-21-17-23(29)27(25(21)31)19-20(3)28-24(30)18-22(26(28)32)16-13-9-7-5-2/h13-16,20-22H,4-12,17-19H2,1-3H3/b15-14+,16-13+. The van der Waals surface area contributed by atoms with Gasteiger partial charge in [-0.15, -0.1) is 0 Å². The van der Waals surface area contributed by atoms with Crippen LogP contribution in [0, 0.1) is 11.8 Å². The maximum absolute atomic E-state index is 12.8. The lowest BCUT2D eigenvalue weighted by Gasteiger charge is -2.26. The molecule has 3 atom stereocenters. The molecule has 0 aliphatic carbocycles. The second kappa shape index (κ2) is 13.3. The average Bonchev–Trinajstić information content (AvgIpc) is 3.19. The summed E-state index contributed by atoms with van der Waals surface area (Å²) < 4.78 is 0. The summed E-state index contributed by atoms with van der Waals surface area (Å²) in [5.74, 6) is -1.77. The summed E-state index contributed by atoms with van der Waals surface area (Å²) in [6.07, 6.45) is 17.9. The number of carbonyl (C=O) groups is 4. The van der Waals surface area contributed by atoms with E-state index in [1.54, 1.807) is 6.92 Å². The van der Waals surface area contributed by atoms with E-state index >= 15 is 0 Å². The first-order valence-electron chi connectivity index (χ1n) is 12.4. The van der Waals surface area contributed by atoms with Crippen LogP contribution in [0.15, 0.2) is 24.3 Å². The van der Waals surface area contributed by atoms with Gasteiger partial charge in [-0.2, -0.15) is 0 Å². The number of carbonyl (C=O) groups excluding carboxylic acids is 4. The van der Waals surface area contributed by atoms with Crippen molar-refractivity contribution in [2.24, 2.45) is 11.8 Å². The van der Waals surface area contributed by atoms with Gasteiger partial charge in [-0.3, -0.25) is 29.0 Å². The second-order valence-electron chi connectivity index (χ2n) is 9.12. The molecule has 0 aromatic heterocycles. The molecule has 2 rings (SSSR count). The molecular formula is C26H40N2O4. The van der Waals surface area contributed by atoms with Crippen LogP contribution in [0.3, 0.4) is 0 Å². The van der Waals surface area contributed by atoms with E-state index in [0.717, 1.165) is 32.1 Å². The molecule has 4 amide bonds. The van der Waals surface area contributed by atoms with Crippen molar-refractivity contribution in [1.82, 2.24) is 9.80 Å². The molecule has 2 fully saturated rings. The van der Waals surface area contributed by atoms with Gasteiger partial charge in [-0.05, 0) is 26.2 Å². The lowest BCUT2D eigenvalue weighted by molar-refractivity contribution is -0.146. The summed E-state index contributed by atoms with van der Waals surface area (Å²) in [5.41, 5.74) is 0. The normalized spacial score (nSPS) is 23.0. The van der Waals surface area contributed by atoms with Crippen molar-refractivity contribution in [3.63, 3.8) is 0 Å². The van der Waals surface area contributed by atoms with E-state index < -0.39 is 17.9 Å². The van der Waals surface area contributed by atoms with Crippen molar-refractivity contribution in [1.29, 1.82) is 0 Å². The molecule has 2 aliphatic rings. The summed E-state index contributed by atoms with van der Waals surface area (Å²) in [6, 6.07) is -0.516. The topological polar surface area (TPSA) is 74.8 Å². The maximum Gasteiger partial charge on any atom is 0.236 e. The van der Waals surface area contributed by atoms with Crippen LogP contribution in [0.4, 0.5) is 0 Å². The highest BCUT2D eigenvalue weighted by Gasteiger charge is 2.43. The Morgan fingerprint density at radius 3 is 2.00 bits per heavy atom. The Hall–Kier alpha value is -2.24. The molecule has 32 heavy (non-hydrogen) atoms. The minimum atomic E-state index is -0.516. The van der Waals surface area contributed by atoms with Crippen molar-refractivity contribution in [3.05, 3.63) is 24.3 Å². The summed E-state index contributed by atoms with van der Waals surface area (Å²) in [4.78, 5) is 52.9. The van der Waals surface area contributed by atoms with E-state index in [1.807, 2.05) is 24.3 Å². The molecule has 178 valence electrons. The van der Waals surface area contributed by atoms with Crippen LogP contribution in [0.2, 0.25) is 0 Å². The minimum absolute atomic E-state index is 0.0722. The number of allylic oxidation sites excluding steroid dienone is 2. The lowest BCUT2D eigenvalue weighted by Crippen LogP contribution is -2.47. The monoisotopic (exact) mass is 444 g/mol. The fourth-order valence-electron chi connectivity index (χ4n) is 4.39. The average molecular weight is 445 g/mol. The zero-order valence-corrected chi connectivity index (χ0v) is 20.1. The van der Waals surface area contributed by atoms with Gasteiger partial charge in [0.1, 0.15) is 0 Å². The lowest BCUT2D eigenvalue weighted by atomic mass is 10.1. The predicted octanol–water partition coefficient (Wildman–Crippen LogP) is 4.79. The zero-order valence-electron chi connectivity index (χ0n) is 20.1. The van der Waals surface area contributed by atoms with Gasteiger partial charge in [-0.1, -0.05) is 76.7 Å². The van der Waals surface area contributed by atoms with E-state index in [-0.39, 0.29) is 43.0 Å². The van der Waals surface area contributed by atoms with Gasteiger partial charge >= 0.3 is 0 Å². The Kier molecular flexibility index (Phi) is 10.8. The number of rotatable bonds is 14. The molecule has 3 unspecified atom stereocenters. The molecule has 0 aromatic carbocycles. The molecule has 0 saturated carbocycles. The smallest absolute Gasteiger partial charge is 0.236 e. The van der Waals surface area contributed by atoms with E-state index in [1.165, 1.54) is 35.5 Å². The molecule has 6 nitrogen and oxygen atoms in total. The predicted molar refractivity (Wildman–Crippen MR) is 125 cm³/mol. The number of likely N-dealkylation sites (tertiary alicyclic amines) is 2. The molecule has 2 aliphatic heterocycles. The van der Waals surface area contributed by atoms with Crippen LogP contribution in [-0.2, 0) is 19.2 Å². The molecule has 0 bridgehead atoms. The van der Waals surface area contributed by atoms with Gasteiger partial charge in [0.25, 0.3) is 0 Å². The molecular weight excluding hydrogens is 404 g/mol. The number of hydrogen-bond donors (Lipinski definition) is 0. The minimum Gasteiger partial charge on any atom is -0.280 e. The fraction of sp³-hybridized carbons (Fsp3) is 0.692. The first kappa shape index (κ1) is 26.0.